The number of carbonyl (C=O) groups is 10. The lowest BCUT2D eigenvalue weighted by molar-refractivity contribution is -0.138. The second-order valence-corrected chi connectivity index (χ2v) is 22.2. The number of nitrogens with two attached hydrogens (primary N) is 1. The minimum atomic E-state index is -1.29. The summed E-state index contributed by atoms with van der Waals surface area (Å²) in [4.78, 5) is 158. The van der Waals surface area contributed by atoms with E-state index in [1.807, 2.05) is 0 Å². The zero-order valence-electron chi connectivity index (χ0n) is 47.5. The molecule has 88 heavy (non-hydrogen) atoms. The van der Waals surface area contributed by atoms with Crippen molar-refractivity contribution in [2.45, 2.75) is 62.4 Å². The fraction of sp³-hybridized carbons (Fsp3) is 0.246. The van der Waals surface area contributed by atoms with Crippen molar-refractivity contribution < 1.29 is 47.9 Å². The molecule has 23 heteroatoms. The number of nitrogens with zero attached hydrogens (tertiary/aromatic N) is 6. The van der Waals surface area contributed by atoms with Gasteiger partial charge in [0, 0.05) is 77.0 Å². The van der Waals surface area contributed by atoms with Crippen molar-refractivity contribution in [2.24, 2.45) is 5.73 Å². The van der Waals surface area contributed by atoms with E-state index in [1.165, 1.54) is 21.6 Å². The van der Waals surface area contributed by atoms with Crippen LogP contribution in [-0.4, -0.2) is 164 Å². The number of hydrogen-bond acceptors (Lipinski definition) is 13. The fourth-order valence-corrected chi connectivity index (χ4v) is 12.6. The van der Waals surface area contributed by atoms with E-state index >= 15 is 0 Å². The Hall–Kier alpha value is -11.0. The third-order valence-electron chi connectivity index (χ3n) is 16.5. The van der Waals surface area contributed by atoms with Gasteiger partial charge in [-0.2, -0.15) is 0 Å². The maximum atomic E-state index is 14.7. The van der Waals surface area contributed by atoms with Crippen molar-refractivity contribution in [3.63, 3.8) is 0 Å². The van der Waals surface area contributed by atoms with Crippen molar-refractivity contribution in [1.29, 1.82) is 0 Å². The van der Waals surface area contributed by atoms with E-state index in [-0.39, 0.29) is 44.5 Å². The van der Waals surface area contributed by atoms with Crippen LogP contribution in [0.15, 0.2) is 146 Å². The minimum absolute atomic E-state index is 0.00637. The van der Waals surface area contributed by atoms with Crippen LogP contribution in [0.2, 0.25) is 0 Å². The van der Waals surface area contributed by atoms with Crippen LogP contribution in [0.5, 0.6) is 0 Å². The number of aromatic nitrogens is 3. The van der Waals surface area contributed by atoms with Gasteiger partial charge in [0.1, 0.15) is 18.1 Å². The summed E-state index contributed by atoms with van der Waals surface area (Å²) < 4.78 is 0. The topological polar surface area (TPSA) is 317 Å². The summed E-state index contributed by atoms with van der Waals surface area (Å²) in [6.45, 7) is -0.819. The number of para-hydroxylation sites is 6. The van der Waals surface area contributed by atoms with E-state index in [9.17, 15) is 47.9 Å². The first kappa shape index (κ1) is 57.5. The van der Waals surface area contributed by atoms with Gasteiger partial charge in [-0.25, -0.2) is 15.0 Å². The summed E-state index contributed by atoms with van der Waals surface area (Å²) in [5.74, 6) is -6.26. The molecule has 10 amide bonds. The molecule has 6 heterocycles. The zero-order valence-corrected chi connectivity index (χ0v) is 47.5. The standard InChI is InChI=1S/C65H59N13O10/c1-35(79)70-36-27-52(77(32-36)55(81)30-68-64(87)58-41-16-4-10-22-47(41)74-48-23-11-5-17-42(48)58)61(84)72-38-28-53(78(34-38)56(82)31-69-65(88)59-43-18-6-12-24-49(43)75-50-25-13-7-19-44(50)59)62(85)71-37-26-51(60(66)83)76(33-37)54(80)29-67-63(86)57-39-14-2-8-20-45(39)73-46-21-9-3-15-40(46)57/h2-25,36-38,51-53H,26-34H2,1H3,(H2,66,83)(H,67,86)(H,68,87)(H,69,88)(H,70,79)(H,71,85)(H,72,84). The largest absolute Gasteiger partial charge is 0.368 e. The highest BCUT2D eigenvalue weighted by Crippen LogP contribution is 2.30. The normalized spacial score (nSPS) is 19.0. The molecule has 3 fully saturated rings. The number of primary amides is 1. The Morgan fingerprint density at radius 3 is 0.909 bits per heavy atom. The number of nitrogens with one attached hydrogen (secondary N) is 6. The number of carbonyl (C=O) groups excluding carboxylic acids is 10. The van der Waals surface area contributed by atoms with Crippen LogP contribution < -0.4 is 37.6 Å². The Morgan fingerprint density at radius 1 is 0.386 bits per heavy atom. The predicted molar refractivity (Wildman–Crippen MR) is 326 cm³/mol. The van der Waals surface area contributed by atoms with Gasteiger partial charge in [-0.05, 0) is 55.7 Å². The molecule has 0 bridgehead atoms. The number of fused-ring (bicyclic) bond motifs is 6. The van der Waals surface area contributed by atoms with Crippen LogP contribution in [0, 0.1) is 0 Å². The summed E-state index contributed by atoms with van der Waals surface area (Å²) >= 11 is 0. The molecule has 3 saturated heterocycles. The molecule has 6 atom stereocenters. The van der Waals surface area contributed by atoms with Gasteiger partial charge in [-0.15, -0.1) is 0 Å². The maximum Gasteiger partial charge on any atom is 0.253 e. The molecular weight excluding hydrogens is 1120 g/mol. The summed E-state index contributed by atoms with van der Waals surface area (Å²) in [5, 5.41) is 20.2. The molecule has 0 radical (unpaired) electrons. The monoisotopic (exact) mass is 1180 g/mol. The molecule has 444 valence electrons. The van der Waals surface area contributed by atoms with Crippen molar-refractivity contribution in [3.05, 3.63) is 162 Å². The van der Waals surface area contributed by atoms with Gasteiger partial charge < -0.3 is 52.3 Å². The third kappa shape index (κ3) is 11.4. The van der Waals surface area contributed by atoms with Crippen LogP contribution in [0.4, 0.5) is 0 Å². The van der Waals surface area contributed by atoms with E-state index in [4.69, 9.17) is 10.7 Å². The SMILES string of the molecule is CC(=O)NC1CC(C(=O)NC2CC(C(=O)NC3CC(C(N)=O)N(C(=O)CNC(=O)c4c5ccccc5nc5ccccc45)C3)N(C(=O)CNC(=O)c3c4ccccc4nc4ccccc34)C2)N(C(=O)CNC(=O)c2c3ccccc3nc3ccccc23)C1. The van der Waals surface area contributed by atoms with E-state index in [0.29, 0.717) is 76.5 Å². The summed E-state index contributed by atoms with van der Waals surface area (Å²) in [6.07, 6.45) is -0.272. The van der Waals surface area contributed by atoms with E-state index in [2.05, 4.69) is 41.9 Å². The van der Waals surface area contributed by atoms with Crippen LogP contribution in [0.1, 0.15) is 57.3 Å². The fourth-order valence-electron chi connectivity index (χ4n) is 12.6. The third-order valence-corrected chi connectivity index (χ3v) is 16.5. The Kier molecular flexibility index (Phi) is 15.8. The summed E-state index contributed by atoms with van der Waals surface area (Å²) in [6, 6.07) is 36.6. The van der Waals surface area contributed by atoms with Gasteiger partial charge in [0.05, 0.1) is 69.4 Å². The Balaban J connectivity index is 0.762. The molecule has 6 aromatic carbocycles. The Bertz CT molecular complexity index is 4240. The highest BCUT2D eigenvalue weighted by molar-refractivity contribution is 6.19. The maximum absolute atomic E-state index is 14.7. The van der Waals surface area contributed by atoms with E-state index in [1.54, 1.807) is 146 Å². The van der Waals surface area contributed by atoms with Crippen molar-refractivity contribution in [3.8, 4) is 0 Å². The molecule has 0 aliphatic carbocycles. The lowest BCUT2D eigenvalue weighted by atomic mass is 10.0. The molecule has 3 aliphatic heterocycles. The molecule has 8 N–H and O–H groups in total. The molecule has 9 aromatic rings. The van der Waals surface area contributed by atoms with Crippen molar-refractivity contribution >= 4 is 124 Å². The van der Waals surface area contributed by atoms with Gasteiger partial charge in [0.25, 0.3) is 17.7 Å². The van der Waals surface area contributed by atoms with Crippen LogP contribution in [0.3, 0.4) is 0 Å². The number of hydrogen-bond donors (Lipinski definition) is 7. The van der Waals surface area contributed by atoms with Crippen LogP contribution in [0.25, 0.3) is 65.4 Å². The highest BCUT2D eigenvalue weighted by Gasteiger charge is 2.46. The van der Waals surface area contributed by atoms with Gasteiger partial charge in [-0.3, -0.25) is 47.9 Å². The van der Waals surface area contributed by atoms with Crippen molar-refractivity contribution in [2.75, 3.05) is 39.3 Å². The van der Waals surface area contributed by atoms with Crippen LogP contribution in [-0.2, 0) is 33.6 Å². The molecule has 0 saturated carbocycles. The molecule has 23 nitrogen and oxygen atoms in total. The molecular formula is C65H59N13O10. The average molecular weight is 1180 g/mol. The number of likely N-dealkylation sites (tertiary alicyclic amines) is 3. The van der Waals surface area contributed by atoms with Crippen LogP contribution >= 0.6 is 0 Å². The van der Waals surface area contributed by atoms with Gasteiger partial charge >= 0.3 is 0 Å². The van der Waals surface area contributed by atoms with E-state index < -0.39 is 115 Å². The Labute approximate surface area is 501 Å². The molecule has 6 unspecified atom stereocenters. The van der Waals surface area contributed by atoms with Gasteiger partial charge in [0.2, 0.25) is 41.4 Å². The number of amides is 10. The molecule has 12 rings (SSSR count). The summed E-state index contributed by atoms with van der Waals surface area (Å²) in [5.41, 5.74) is 10.2. The molecule has 3 aliphatic rings. The predicted octanol–water partition coefficient (Wildman–Crippen LogP) is 3.14. The number of benzene rings is 6. The van der Waals surface area contributed by atoms with Gasteiger partial charge in [-0.1, -0.05) is 109 Å². The minimum Gasteiger partial charge on any atom is -0.368 e. The zero-order chi connectivity index (χ0) is 61.3. The highest BCUT2D eigenvalue weighted by atomic mass is 16.2. The van der Waals surface area contributed by atoms with E-state index in [0.717, 1.165) is 0 Å². The number of rotatable bonds is 15. The summed E-state index contributed by atoms with van der Waals surface area (Å²) in [7, 11) is 0. The Morgan fingerprint density at radius 2 is 0.636 bits per heavy atom. The second kappa shape index (κ2) is 24.2. The van der Waals surface area contributed by atoms with Crippen molar-refractivity contribution in [1.82, 2.24) is 61.6 Å². The number of pyridine rings is 3. The lowest BCUT2D eigenvalue weighted by Crippen LogP contribution is -2.52. The first-order valence-corrected chi connectivity index (χ1v) is 28.8. The molecule has 0 spiro atoms. The smallest absolute Gasteiger partial charge is 0.253 e. The molecule has 3 aromatic heterocycles. The second-order valence-electron chi connectivity index (χ2n) is 22.2. The quantitative estimate of drug-likeness (QED) is 0.0727. The first-order chi connectivity index (χ1) is 42.6. The lowest BCUT2D eigenvalue weighted by Gasteiger charge is -2.26. The average Bonchev–Trinajstić information content (AvgIpc) is 1.53. The first-order valence-electron chi connectivity index (χ1n) is 28.8. The van der Waals surface area contributed by atoms with Gasteiger partial charge in [0.15, 0.2) is 0 Å².